The van der Waals surface area contributed by atoms with Crippen molar-refractivity contribution in [3.63, 3.8) is 0 Å². The Morgan fingerprint density at radius 2 is 2.12 bits per heavy atom. The van der Waals surface area contributed by atoms with Gasteiger partial charge in [0.05, 0.1) is 12.6 Å². The average Bonchev–Trinajstić information content (AvgIpc) is 2.15. The van der Waals surface area contributed by atoms with E-state index >= 15 is 0 Å². The standard InChI is InChI=1S/C13H17NO2/c1-9-3-4-12(10(2)5-9)13(16)8-14-6-11(15)7-14/h3-5,11,15H,6-8H2,1-2H3. The molecule has 0 atom stereocenters. The molecule has 1 heterocycles. The molecule has 1 aromatic rings. The summed E-state index contributed by atoms with van der Waals surface area (Å²) in [5, 5.41) is 9.14. The smallest absolute Gasteiger partial charge is 0.177 e. The number of rotatable bonds is 3. The Morgan fingerprint density at radius 1 is 1.44 bits per heavy atom. The highest BCUT2D eigenvalue weighted by Crippen LogP contribution is 2.14. The predicted octanol–water partition coefficient (Wildman–Crippen LogP) is 1.16. The number of aliphatic hydroxyl groups excluding tert-OH is 1. The summed E-state index contributed by atoms with van der Waals surface area (Å²) in [7, 11) is 0. The number of hydrogen-bond donors (Lipinski definition) is 1. The molecule has 0 saturated carbocycles. The molecule has 3 heteroatoms. The molecule has 3 nitrogen and oxygen atoms in total. The molecule has 2 rings (SSSR count). The number of carbonyl (C=O) groups is 1. The summed E-state index contributed by atoms with van der Waals surface area (Å²) in [5.74, 6) is 0.143. The molecule has 0 amide bonds. The molecular weight excluding hydrogens is 202 g/mol. The molecule has 0 radical (unpaired) electrons. The maximum atomic E-state index is 12.0. The van der Waals surface area contributed by atoms with Crippen molar-refractivity contribution in [2.45, 2.75) is 20.0 Å². The van der Waals surface area contributed by atoms with Crippen molar-refractivity contribution in [1.29, 1.82) is 0 Å². The Morgan fingerprint density at radius 3 is 2.69 bits per heavy atom. The molecule has 1 N–H and O–H groups in total. The SMILES string of the molecule is Cc1ccc(C(=O)CN2CC(O)C2)c(C)c1. The maximum Gasteiger partial charge on any atom is 0.177 e. The number of nitrogens with zero attached hydrogens (tertiary/aromatic N) is 1. The number of ketones is 1. The van der Waals surface area contributed by atoms with Crippen molar-refractivity contribution in [1.82, 2.24) is 4.90 Å². The van der Waals surface area contributed by atoms with Crippen LogP contribution >= 0.6 is 0 Å². The highest BCUT2D eigenvalue weighted by molar-refractivity contribution is 5.99. The highest BCUT2D eigenvalue weighted by Gasteiger charge is 2.26. The minimum atomic E-state index is -0.244. The number of aliphatic hydroxyl groups is 1. The number of β-amino-alcohol motifs (C(OH)–C–C–N with tert-alkyl or cyclic N) is 1. The first-order valence-electron chi connectivity index (χ1n) is 5.57. The second-order valence-electron chi connectivity index (χ2n) is 4.59. The zero-order valence-corrected chi connectivity index (χ0v) is 9.73. The van der Waals surface area contributed by atoms with E-state index < -0.39 is 0 Å². The van der Waals surface area contributed by atoms with Gasteiger partial charge in [0.15, 0.2) is 5.78 Å². The van der Waals surface area contributed by atoms with Crippen LogP contribution in [0.4, 0.5) is 0 Å². The Kier molecular flexibility index (Phi) is 3.08. The van der Waals surface area contributed by atoms with E-state index in [0.717, 1.165) is 11.1 Å². The first-order chi connectivity index (χ1) is 7.56. The van der Waals surface area contributed by atoms with E-state index in [1.54, 1.807) is 0 Å². The molecule has 86 valence electrons. The molecule has 16 heavy (non-hydrogen) atoms. The number of carbonyl (C=O) groups excluding carboxylic acids is 1. The van der Waals surface area contributed by atoms with Crippen LogP contribution in [0.5, 0.6) is 0 Å². The van der Waals surface area contributed by atoms with Crippen LogP contribution in [0.25, 0.3) is 0 Å². The van der Waals surface area contributed by atoms with E-state index in [2.05, 4.69) is 0 Å². The largest absolute Gasteiger partial charge is 0.390 e. The van der Waals surface area contributed by atoms with Gasteiger partial charge < -0.3 is 5.11 Å². The van der Waals surface area contributed by atoms with Crippen LogP contribution in [0.15, 0.2) is 18.2 Å². The summed E-state index contributed by atoms with van der Waals surface area (Å²) in [4.78, 5) is 13.9. The number of hydrogen-bond acceptors (Lipinski definition) is 3. The Balaban J connectivity index is 2.03. The lowest BCUT2D eigenvalue weighted by atomic mass is 10.0. The second kappa shape index (κ2) is 4.36. The van der Waals surface area contributed by atoms with Crippen LogP contribution in [0, 0.1) is 13.8 Å². The van der Waals surface area contributed by atoms with Gasteiger partial charge in [-0.3, -0.25) is 9.69 Å². The summed E-state index contributed by atoms with van der Waals surface area (Å²) in [6.45, 7) is 5.65. The molecule has 0 unspecified atom stereocenters. The Labute approximate surface area is 95.7 Å². The third-order valence-electron chi connectivity index (χ3n) is 2.99. The van der Waals surface area contributed by atoms with E-state index in [9.17, 15) is 4.79 Å². The van der Waals surface area contributed by atoms with Gasteiger partial charge in [-0.2, -0.15) is 0 Å². The lowest BCUT2D eigenvalue weighted by Gasteiger charge is -2.35. The minimum absolute atomic E-state index is 0.143. The summed E-state index contributed by atoms with van der Waals surface area (Å²) < 4.78 is 0. The lowest BCUT2D eigenvalue weighted by Crippen LogP contribution is -2.52. The van der Waals surface area contributed by atoms with E-state index in [1.807, 2.05) is 36.9 Å². The fourth-order valence-corrected chi connectivity index (χ4v) is 2.09. The first-order valence-corrected chi connectivity index (χ1v) is 5.57. The van der Waals surface area contributed by atoms with Crippen molar-refractivity contribution < 1.29 is 9.90 Å². The zero-order chi connectivity index (χ0) is 11.7. The molecule has 1 aliphatic heterocycles. The molecule has 1 fully saturated rings. The van der Waals surface area contributed by atoms with Gasteiger partial charge in [-0.25, -0.2) is 0 Å². The van der Waals surface area contributed by atoms with Crippen LogP contribution in [-0.2, 0) is 0 Å². The van der Waals surface area contributed by atoms with Gasteiger partial charge in [-0.05, 0) is 19.4 Å². The summed E-state index contributed by atoms with van der Waals surface area (Å²) >= 11 is 0. The van der Waals surface area contributed by atoms with Gasteiger partial charge in [0, 0.05) is 18.7 Å². The normalized spacial score (nSPS) is 17.2. The van der Waals surface area contributed by atoms with Crippen molar-refractivity contribution in [2.24, 2.45) is 0 Å². The lowest BCUT2D eigenvalue weighted by molar-refractivity contribution is 0.00514. The number of aryl methyl sites for hydroxylation is 2. The second-order valence-corrected chi connectivity index (χ2v) is 4.59. The molecule has 0 bridgehead atoms. The van der Waals surface area contributed by atoms with Gasteiger partial charge >= 0.3 is 0 Å². The van der Waals surface area contributed by atoms with Gasteiger partial charge in [0.2, 0.25) is 0 Å². The quantitative estimate of drug-likeness (QED) is 0.776. The first kappa shape index (κ1) is 11.3. The number of benzene rings is 1. The van der Waals surface area contributed by atoms with Gasteiger partial charge in [0.25, 0.3) is 0 Å². The molecular formula is C13H17NO2. The Hall–Kier alpha value is -1.19. The number of likely N-dealkylation sites (tertiary alicyclic amines) is 1. The van der Waals surface area contributed by atoms with Crippen LogP contribution in [0.3, 0.4) is 0 Å². The molecule has 1 aliphatic rings. The van der Waals surface area contributed by atoms with Crippen molar-refractivity contribution >= 4 is 5.78 Å². The van der Waals surface area contributed by atoms with Gasteiger partial charge in [-0.1, -0.05) is 23.8 Å². The highest BCUT2D eigenvalue weighted by atomic mass is 16.3. The monoisotopic (exact) mass is 219 g/mol. The minimum Gasteiger partial charge on any atom is -0.390 e. The van der Waals surface area contributed by atoms with Gasteiger partial charge in [-0.15, -0.1) is 0 Å². The summed E-state index contributed by atoms with van der Waals surface area (Å²) in [6.07, 6.45) is -0.244. The molecule has 0 aromatic heterocycles. The van der Waals surface area contributed by atoms with E-state index in [4.69, 9.17) is 5.11 Å². The van der Waals surface area contributed by atoms with E-state index in [-0.39, 0.29) is 11.9 Å². The molecule has 0 spiro atoms. The van der Waals surface area contributed by atoms with E-state index in [0.29, 0.717) is 19.6 Å². The van der Waals surface area contributed by atoms with Crippen LogP contribution in [0.1, 0.15) is 21.5 Å². The van der Waals surface area contributed by atoms with Crippen LogP contribution in [-0.4, -0.2) is 41.5 Å². The van der Waals surface area contributed by atoms with Crippen molar-refractivity contribution in [3.8, 4) is 0 Å². The van der Waals surface area contributed by atoms with Crippen molar-refractivity contribution in [2.75, 3.05) is 19.6 Å². The molecule has 1 saturated heterocycles. The third-order valence-corrected chi connectivity index (χ3v) is 2.99. The third kappa shape index (κ3) is 2.31. The maximum absolute atomic E-state index is 12.0. The van der Waals surface area contributed by atoms with Gasteiger partial charge in [0.1, 0.15) is 0 Å². The summed E-state index contributed by atoms with van der Waals surface area (Å²) in [5.41, 5.74) is 3.01. The predicted molar refractivity (Wildman–Crippen MR) is 62.7 cm³/mol. The molecule has 0 aliphatic carbocycles. The van der Waals surface area contributed by atoms with Crippen molar-refractivity contribution in [3.05, 3.63) is 34.9 Å². The van der Waals surface area contributed by atoms with Crippen LogP contribution in [0.2, 0.25) is 0 Å². The summed E-state index contributed by atoms with van der Waals surface area (Å²) in [6, 6.07) is 5.88. The fourth-order valence-electron chi connectivity index (χ4n) is 2.09. The molecule has 1 aromatic carbocycles. The number of Topliss-reactive ketones (excluding diaryl/α,β-unsaturated/α-hetero) is 1. The van der Waals surface area contributed by atoms with E-state index in [1.165, 1.54) is 5.56 Å². The zero-order valence-electron chi connectivity index (χ0n) is 9.73. The fraction of sp³-hybridized carbons (Fsp3) is 0.462. The average molecular weight is 219 g/mol. The Bertz CT molecular complexity index is 408. The van der Waals surface area contributed by atoms with Crippen LogP contribution < -0.4 is 0 Å². The topological polar surface area (TPSA) is 40.5 Å².